The zero-order valence-electron chi connectivity index (χ0n) is 8.59. The van der Waals surface area contributed by atoms with Crippen LogP contribution in [0.4, 0.5) is 4.39 Å². The molecule has 2 nitrogen and oxygen atoms in total. The van der Waals surface area contributed by atoms with Crippen LogP contribution in [0.2, 0.25) is 0 Å². The van der Waals surface area contributed by atoms with Gasteiger partial charge in [-0.25, -0.2) is 4.39 Å². The molecule has 1 aromatic carbocycles. The summed E-state index contributed by atoms with van der Waals surface area (Å²) in [5.74, 6) is -0.414. The molecule has 0 N–H and O–H groups in total. The second-order valence-corrected chi connectivity index (χ2v) is 4.43. The molecule has 0 saturated heterocycles. The van der Waals surface area contributed by atoms with Crippen molar-refractivity contribution in [1.82, 2.24) is 0 Å². The lowest BCUT2D eigenvalue weighted by Gasteiger charge is -2.07. The van der Waals surface area contributed by atoms with E-state index in [1.165, 1.54) is 18.2 Å². The number of hydrogen-bond donors (Lipinski definition) is 0. The molecular formula is C11H12BrFO2. The number of Topliss-reactive ketones (excluding diaryl/α,β-unsaturated/α-hetero) is 1. The van der Waals surface area contributed by atoms with Gasteiger partial charge in [-0.1, -0.05) is 15.9 Å². The molecule has 15 heavy (non-hydrogen) atoms. The van der Waals surface area contributed by atoms with Crippen molar-refractivity contribution in [3.63, 3.8) is 0 Å². The molecule has 0 fully saturated rings. The number of rotatable bonds is 4. The predicted octanol–water partition coefficient (Wildman–Crippen LogP) is 3.19. The fourth-order valence-corrected chi connectivity index (χ4v) is 1.42. The summed E-state index contributed by atoms with van der Waals surface area (Å²) in [5, 5.41) is 0. The number of alkyl halides is 1. The molecule has 4 heteroatoms. The number of hydrogen-bond acceptors (Lipinski definition) is 2. The molecule has 0 amide bonds. The van der Waals surface area contributed by atoms with Crippen molar-refractivity contribution in [3.8, 4) is 5.75 Å². The van der Waals surface area contributed by atoms with E-state index in [4.69, 9.17) is 4.74 Å². The average Bonchev–Trinajstić information content (AvgIpc) is 2.20. The number of carbonyl (C=O) groups excluding carboxylic acids is 1. The van der Waals surface area contributed by atoms with Gasteiger partial charge in [0.15, 0.2) is 17.3 Å². The Morgan fingerprint density at radius 2 is 2.27 bits per heavy atom. The van der Waals surface area contributed by atoms with Gasteiger partial charge in [0.2, 0.25) is 0 Å². The van der Waals surface area contributed by atoms with E-state index in [0.29, 0.717) is 12.2 Å². The monoisotopic (exact) mass is 274 g/mol. The van der Waals surface area contributed by atoms with Gasteiger partial charge in [-0.05, 0) is 32.0 Å². The average molecular weight is 275 g/mol. The van der Waals surface area contributed by atoms with E-state index in [-0.39, 0.29) is 16.4 Å². The fraction of sp³-hybridized carbons (Fsp3) is 0.364. The summed E-state index contributed by atoms with van der Waals surface area (Å²) in [7, 11) is 0. The largest absolute Gasteiger partial charge is 0.491 e. The van der Waals surface area contributed by atoms with E-state index >= 15 is 0 Å². The SMILES string of the molecule is CCOc1cc(C(=O)C(C)Br)ccc1F. The minimum absolute atomic E-state index is 0.0871. The molecule has 0 aliphatic rings. The van der Waals surface area contributed by atoms with Crippen LogP contribution in [0.15, 0.2) is 18.2 Å². The normalized spacial score (nSPS) is 12.3. The molecule has 0 radical (unpaired) electrons. The van der Waals surface area contributed by atoms with Gasteiger partial charge in [0.1, 0.15) is 0 Å². The van der Waals surface area contributed by atoms with Crippen molar-refractivity contribution in [2.24, 2.45) is 0 Å². The summed E-state index contributed by atoms with van der Waals surface area (Å²) in [4.78, 5) is 11.3. The second-order valence-electron chi connectivity index (χ2n) is 3.06. The fourth-order valence-electron chi connectivity index (χ4n) is 1.15. The van der Waals surface area contributed by atoms with Gasteiger partial charge in [0, 0.05) is 5.56 Å². The molecule has 0 aromatic heterocycles. The highest BCUT2D eigenvalue weighted by Crippen LogP contribution is 2.20. The van der Waals surface area contributed by atoms with Crippen molar-refractivity contribution in [1.29, 1.82) is 0 Å². The Hall–Kier alpha value is -0.900. The minimum Gasteiger partial charge on any atom is -0.491 e. The van der Waals surface area contributed by atoms with Gasteiger partial charge in [-0.2, -0.15) is 0 Å². The Labute approximate surface area is 96.6 Å². The number of halogens is 2. The van der Waals surface area contributed by atoms with E-state index in [0.717, 1.165) is 0 Å². The Morgan fingerprint density at radius 3 is 2.80 bits per heavy atom. The van der Waals surface area contributed by atoms with E-state index in [2.05, 4.69) is 15.9 Å². The third-order valence-electron chi connectivity index (χ3n) is 1.88. The van der Waals surface area contributed by atoms with Gasteiger partial charge in [0.25, 0.3) is 0 Å². The first-order valence-corrected chi connectivity index (χ1v) is 5.58. The molecule has 1 rings (SSSR count). The van der Waals surface area contributed by atoms with Crippen LogP contribution in [0, 0.1) is 5.82 Å². The van der Waals surface area contributed by atoms with E-state index < -0.39 is 5.82 Å². The van der Waals surface area contributed by atoms with Gasteiger partial charge in [-0.3, -0.25) is 4.79 Å². The maximum atomic E-state index is 13.2. The molecule has 1 aromatic rings. The van der Waals surface area contributed by atoms with E-state index in [9.17, 15) is 9.18 Å². The maximum Gasteiger partial charge on any atom is 0.176 e. The smallest absolute Gasteiger partial charge is 0.176 e. The van der Waals surface area contributed by atoms with Gasteiger partial charge in [-0.15, -0.1) is 0 Å². The van der Waals surface area contributed by atoms with Crippen LogP contribution in [0.25, 0.3) is 0 Å². The van der Waals surface area contributed by atoms with Crippen LogP contribution < -0.4 is 4.74 Å². The predicted molar refractivity (Wildman–Crippen MR) is 60.3 cm³/mol. The minimum atomic E-state index is -0.448. The van der Waals surface area contributed by atoms with Crippen LogP contribution in [0.3, 0.4) is 0 Å². The number of benzene rings is 1. The Kier molecular flexibility index (Phi) is 4.27. The Morgan fingerprint density at radius 1 is 1.60 bits per heavy atom. The Bertz CT molecular complexity index is 364. The molecular weight excluding hydrogens is 263 g/mol. The maximum absolute atomic E-state index is 13.2. The summed E-state index contributed by atoms with van der Waals surface area (Å²) in [6, 6.07) is 4.13. The van der Waals surface area contributed by atoms with Crippen molar-refractivity contribution < 1.29 is 13.9 Å². The molecule has 0 heterocycles. The van der Waals surface area contributed by atoms with E-state index in [1.54, 1.807) is 13.8 Å². The van der Waals surface area contributed by atoms with Crippen LogP contribution in [-0.2, 0) is 0 Å². The highest BCUT2D eigenvalue weighted by molar-refractivity contribution is 9.10. The summed E-state index contributed by atoms with van der Waals surface area (Å²) in [5.41, 5.74) is 0.448. The van der Waals surface area contributed by atoms with E-state index in [1.807, 2.05) is 0 Å². The third kappa shape index (κ3) is 3.02. The summed E-state index contributed by atoms with van der Waals surface area (Å²) >= 11 is 3.17. The lowest BCUT2D eigenvalue weighted by atomic mass is 10.1. The molecule has 0 saturated carbocycles. The first-order chi connectivity index (χ1) is 7.06. The number of ketones is 1. The first-order valence-electron chi connectivity index (χ1n) is 4.67. The van der Waals surface area contributed by atoms with Crippen molar-refractivity contribution in [3.05, 3.63) is 29.6 Å². The molecule has 1 unspecified atom stereocenters. The van der Waals surface area contributed by atoms with Crippen molar-refractivity contribution >= 4 is 21.7 Å². The Balaban J connectivity index is 3.01. The summed E-state index contributed by atoms with van der Waals surface area (Å²) in [6.07, 6.45) is 0. The van der Waals surface area contributed by atoms with Crippen LogP contribution in [0.5, 0.6) is 5.75 Å². The highest BCUT2D eigenvalue weighted by Gasteiger charge is 2.14. The zero-order chi connectivity index (χ0) is 11.4. The first kappa shape index (κ1) is 12.2. The molecule has 0 bridgehead atoms. The molecule has 0 spiro atoms. The lowest BCUT2D eigenvalue weighted by Crippen LogP contribution is -2.10. The molecule has 1 atom stereocenters. The lowest BCUT2D eigenvalue weighted by molar-refractivity contribution is 0.0995. The topological polar surface area (TPSA) is 26.3 Å². The van der Waals surface area contributed by atoms with Crippen LogP contribution in [0.1, 0.15) is 24.2 Å². The van der Waals surface area contributed by atoms with Crippen LogP contribution in [-0.4, -0.2) is 17.2 Å². The number of carbonyl (C=O) groups is 1. The third-order valence-corrected chi connectivity index (χ3v) is 2.29. The van der Waals surface area contributed by atoms with Crippen molar-refractivity contribution in [2.45, 2.75) is 18.7 Å². The van der Waals surface area contributed by atoms with Crippen LogP contribution >= 0.6 is 15.9 Å². The highest BCUT2D eigenvalue weighted by atomic mass is 79.9. The second kappa shape index (κ2) is 5.26. The zero-order valence-corrected chi connectivity index (χ0v) is 10.2. The molecule has 82 valence electrons. The van der Waals surface area contributed by atoms with Gasteiger partial charge < -0.3 is 4.74 Å². The molecule has 0 aliphatic carbocycles. The summed E-state index contributed by atoms with van der Waals surface area (Å²) < 4.78 is 18.2. The summed E-state index contributed by atoms with van der Waals surface area (Å²) in [6.45, 7) is 3.87. The quantitative estimate of drug-likeness (QED) is 0.623. The standard InChI is InChI=1S/C11H12BrFO2/c1-3-15-10-6-8(4-5-9(10)13)11(14)7(2)12/h4-7H,3H2,1-2H3. The molecule has 0 aliphatic heterocycles. The van der Waals surface area contributed by atoms with Gasteiger partial charge >= 0.3 is 0 Å². The number of ether oxygens (including phenoxy) is 1. The van der Waals surface area contributed by atoms with Gasteiger partial charge in [0.05, 0.1) is 11.4 Å². The van der Waals surface area contributed by atoms with Crippen molar-refractivity contribution in [2.75, 3.05) is 6.61 Å².